The van der Waals surface area contributed by atoms with Gasteiger partial charge < -0.3 is 14.8 Å². The van der Waals surface area contributed by atoms with Gasteiger partial charge in [-0.1, -0.05) is 26.0 Å². The van der Waals surface area contributed by atoms with Gasteiger partial charge in [0, 0.05) is 11.8 Å². The number of thiocarbonyl (C=S) groups is 1. The van der Waals surface area contributed by atoms with Crippen LogP contribution in [0.15, 0.2) is 41.4 Å². The number of methoxy groups -OCH3 is 2. The number of isothiocyanates is 1. The van der Waals surface area contributed by atoms with Gasteiger partial charge in [-0.25, -0.2) is 4.68 Å². The van der Waals surface area contributed by atoms with Crippen LogP contribution in [-0.4, -0.2) is 40.3 Å². The minimum Gasteiger partial charge on any atom is -0.497 e. The van der Waals surface area contributed by atoms with E-state index in [-0.39, 0.29) is 17.0 Å². The molecule has 0 aliphatic rings. The Hall–Kier alpha value is -3.55. The number of benzene rings is 2. The Labute approximate surface area is 192 Å². The topological polar surface area (TPSA) is 90.6 Å². The largest absolute Gasteiger partial charge is 0.497 e. The van der Waals surface area contributed by atoms with E-state index in [0.717, 1.165) is 5.56 Å². The van der Waals surface area contributed by atoms with Gasteiger partial charge in [-0.15, -0.1) is 5.10 Å². The van der Waals surface area contributed by atoms with Crippen LogP contribution in [0.1, 0.15) is 42.5 Å². The Morgan fingerprint density at radius 2 is 1.91 bits per heavy atom. The minimum absolute atomic E-state index is 0.144. The van der Waals surface area contributed by atoms with Crippen molar-refractivity contribution in [3.8, 4) is 17.2 Å². The van der Waals surface area contributed by atoms with Crippen LogP contribution in [0, 0.1) is 6.92 Å². The summed E-state index contributed by atoms with van der Waals surface area (Å²) in [6.45, 7) is 8.00. The summed E-state index contributed by atoms with van der Waals surface area (Å²) in [5.74, 6) is 0.817. The van der Waals surface area contributed by atoms with Crippen molar-refractivity contribution in [3.63, 3.8) is 0 Å². The molecule has 166 valence electrons. The molecule has 32 heavy (non-hydrogen) atoms. The zero-order valence-electron chi connectivity index (χ0n) is 18.9. The second-order valence-electron chi connectivity index (χ2n) is 8.15. The van der Waals surface area contributed by atoms with Gasteiger partial charge >= 0.3 is 0 Å². The number of amides is 1. The van der Waals surface area contributed by atoms with Gasteiger partial charge in [0.25, 0.3) is 5.91 Å². The molecular formula is C23H25N5O3S. The van der Waals surface area contributed by atoms with Crippen LogP contribution in [0.25, 0.3) is 5.69 Å². The molecule has 3 aromatic rings. The standard InChI is InChI=1S/C23H25N5O3S/c1-14-21(26-27-28(14)19-12-18(30-5)7-8-20(19)31-6)22(29)25-17-10-15(23(2,3)4)9-16(11-17)24-13-32/h7-12H,1-6H3,(H,25,29). The number of ether oxygens (including phenoxy) is 2. The molecule has 1 heterocycles. The highest BCUT2D eigenvalue weighted by molar-refractivity contribution is 7.78. The number of carbonyl (C=O) groups excluding carboxylic acids is 1. The number of hydrogen-bond donors (Lipinski definition) is 1. The summed E-state index contributed by atoms with van der Waals surface area (Å²) in [4.78, 5) is 17.1. The summed E-state index contributed by atoms with van der Waals surface area (Å²) in [5, 5.41) is 13.5. The highest BCUT2D eigenvalue weighted by Crippen LogP contribution is 2.31. The first-order valence-corrected chi connectivity index (χ1v) is 10.3. The van der Waals surface area contributed by atoms with Gasteiger partial charge in [0.1, 0.15) is 17.2 Å². The average Bonchev–Trinajstić information content (AvgIpc) is 3.14. The number of nitrogens with zero attached hydrogens (tertiary/aromatic N) is 4. The first-order chi connectivity index (χ1) is 15.2. The lowest BCUT2D eigenvalue weighted by Gasteiger charge is -2.20. The van der Waals surface area contributed by atoms with Gasteiger partial charge in [-0.05, 0) is 60.5 Å². The lowest BCUT2D eigenvalue weighted by atomic mass is 9.86. The van der Waals surface area contributed by atoms with Crippen molar-refractivity contribution in [1.82, 2.24) is 15.0 Å². The number of aliphatic imine (C=N–C) groups is 1. The number of aromatic nitrogens is 3. The van der Waals surface area contributed by atoms with Crippen LogP contribution in [0.5, 0.6) is 11.5 Å². The Morgan fingerprint density at radius 1 is 1.16 bits per heavy atom. The molecule has 1 aromatic heterocycles. The smallest absolute Gasteiger partial charge is 0.278 e. The van der Waals surface area contributed by atoms with Crippen LogP contribution in [0.4, 0.5) is 11.4 Å². The third-order valence-electron chi connectivity index (χ3n) is 4.94. The van der Waals surface area contributed by atoms with Crippen molar-refractivity contribution in [3.05, 3.63) is 53.3 Å². The van der Waals surface area contributed by atoms with Gasteiger partial charge in [0.2, 0.25) is 0 Å². The second kappa shape index (κ2) is 9.30. The SMILES string of the molecule is COc1ccc(OC)c(-n2nnc(C(=O)Nc3cc(N=C=S)cc(C(C)(C)C)c3)c2C)c1. The molecule has 3 rings (SSSR count). The fourth-order valence-electron chi connectivity index (χ4n) is 3.15. The van der Waals surface area contributed by atoms with Crippen molar-refractivity contribution in [1.29, 1.82) is 0 Å². The van der Waals surface area contributed by atoms with E-state index in [1.54, 1.807) is 50.1 Å². The number of hydrogen-bond acceptors (Lipinski definition) is 7. The highest BCUT2D eigenvalue weighted by atomic mass is 32.1. The van der Waals surface area contributed by atoms with Crippen LogP contribution in [0.2, 0.25) is 0 Å². The van der Waals surface area contributed by atoms with E-state index >= 15 is 0 Å². The maximum atomic E-state index is 13.0. The molecule has 0 radical (unpaired) electrons. The van der Waals surface area contributed by atoms with Crippen molar-refractivity contribution < 1.29 is 14.3 Å². The molecular weight excluding hydrogens is 426 g/mol. The van der Waals surface area contributed by atoms with E-state index in [9.17, 15) is 4.79 Å². The van der Waals surface area contributed by atoms with E-state index in [1.165, 1.54) is 0 Å². The van der Waals surface area contributed by atoms with Gasteiger partial charge in [0.15, 0.2) is 5.69 Å². The molecule has 8 nitrogen and oxygen atoms in total. The lowest BCUT2D eigenvalue weighted by molar-refractivity contribution is 0.102. The summed E-state index contributed by atoms with van der Waals surface area (Å²) in [5.41, 5.74) is 3.41. The third-order valence-corrected chi connectivity index (χ3v) is 5.03. The summed E-state index contributed by atoms with van der Waals surface area (Å²) in [6, 6.07) is 10.9. The molecule has 0 saturated carbocycles. The first-order valence-electron chi connectivity index (χ1n) is 9.87. The Kier molecular flexibility index (Phi) is 6.72. The average molecular weight is 452 g/mol. The zero-order chi connectivity index (χ0) is 23.5. The van der Waals surface area contributed by atoms with Crippen LogP contribution < -0.4 is 14.8 Å². The van der Waals surface area contributed by atoms with E-state index in [1.807, 2.05) is 12.1 Å². The van der Waals surface area contributed by atoms with E-state index in [2.05, 4.69) is 46.6 Å². The van der Waals surface area contributed by atoms with Crippen LogP contribution in [-0.2, 0) is 5.41 Å². The summed E-state index contributed by atoms with van der Waals surface area (Å²) in [6.07, 6.45) is 0. The Balaban J connectivity index is 1.97. The molecule has 0 unspecified atom stereocenters. The highest BCUT2D eigenvalue weighted by Gasteiger charge is 2.21. The van der Waals surface area contributed by atoms with Crippen molar-refractivity contribution >= 4 is 34.7 Å². The molecule has 0 aliphatic heterocycles. The van der Waals surface area contributed by atoms with E-state index in [4.69, 9.17) is 21.7 Å². The number of anilines is 1. The number of nitrogens with one attached hydrogen (secondary N) is 1. The molecule has 1 amide bonds. The molecule has 0 atom stereocenters. The monoisotopic (exact) mass is 451 g/mol. The zero-order valence-corrected chi connectivity index (χ0v) is 19.7. The Morgan fingerprint density at radius 3 is 2.53 bits per heavy atom. The van der Waals surface area contributed by atoms with Gasteiger partial charge in [-0.2, -0.15) is 4.99 Å². The molecule has 9 heteroatoms. The number of rotatable bonds is 6. The van der Waals surface area contributed by atoms with E-state index < -0.39 is 0 Å². The van der Waals surface area contributed by atoms with Crippen molar-refractivity contribution in [2.45, 2.75) is 33.1 Å². The maximum absolute atomic E-state index is 13.0. The van der Waals surface area contributed by atoms with Gasteiger partial charge in [0.05, 0.1) is 30.8 Å². The summed E-state index contributed by atoms with van der Waals surface area (Å²) < 4.78 is 12.3. The molecule has 2 aromatic carbocycles. The predicted octanol–water partition coefficient (Wildman–Crippen LogP) is 4.88. The second-order valence-corrected chi connectivity index (χ2v) is 8.33. The molecule has 0 saturated heterocycles. The molecule has 0 spiro atoms. The fraction of sp³-hybridized carbons (Fsp3) is 0.304. The maximum Gasteiger partial charge on any atom is 0.278 e. The van der Waals surface area contributed by atoms with E-state index in [0.29, 0.717) is 34.3 Å². The summed E-state index contributed by atoms with van der Waals surface area (Å²) >= 11 is 4.74. The predicted molar refractivity (Wildman–Crippen MR) is 127 cm³/mol. The first kappa shape index (κ1) is 23.1. The quantitative estimate of drug-likeness (QED) is 0.424. The summed E-state index contributed by atoms with van der Waals surface area (Å²) in [7, 11) is 3.14. The normalized spacial score (nSPS) is 10.9. The number of carbonyl (C=O) groups is 1. The van der Waals surface area contributed by atoms with Gasteiger partial charge in [-0.3, -0.25) is 4.79 Å². The third kappa shape index (κ3) is 4.85. The molecule has 0 aliphatic carbocycles. The molecule has 1 N–H and O–H groups in total. The van der Waals surface area contributed by atoms with Crippen LogP contribution in [0.3, 0.4) is 0 Å². The van der Waals surface area contributed by atoms with Crippen molar-refractivity contribution in [2.75, 3.05) is 19.5 Å². The van der Waals surface area contributed by atoms with Crippen molar-refractivity contribution in [2.24, 2.45) is 4.99 Å². The Bertz CT molecular complexity index is 1210. The lowest BCUT2D eigenvalue weighted by Crippen LogP contribution is -2.16. The molecule has 0 bridgehead atoms. The molecule has 0 fully saturated rings. The minimum atomic E-state index is -0.390. The van der Waals surface area contributed by atoms with Crippen LogP contribution >= 0.6 is 12.2 Å². The fourth-order valence-corrected chi connectivity index (χ4v) is 3.26.